The molecule has 0 aromatic heterocycles. The van der Waals surface area contributed by atoms with Crippen LogP contribution in [0.3, 0.4) is 0 Å². The number of aliphatic hydroxyl groups is 2. The van der Waals surface area contributed by atoms with E-state index in [4.69, 9.17) is 4.74 Å². The minimum atomic E-state index is -1.09. The average molecular weight is 443 g/mol. The Bertz CT molecular complexity index is 688. The second-order valence-corrected chi connectivity index (χ2v) is 10.6. The van der Waals surface area contributed by atoms with Gasteiger partial charge < -0.3 is 14.9 Å². The van der Waals surface area contributed by atoms with Gasteiger partial charge in [-0.25, -0.2) is 0 Å². The quantitative estimate of drug-likeness (QED) is 0.226. The van der Waals surface area contributed by atoms with E-state index in [1.165, 1.54) is 82.6 Å². The third kappa shape index (κ3) is 7.09. The Morgan fingerprint density at radius 1 is 0.906 bits per heavy atom. The van der Waals surface area contributed by atoms with E-state index in [1.54, 1.807) is 0 Å². The van der Waals surface area contributed by atoms with Gasteiger partial charge >= 0.3 is 0 Å². The van der Waals surface area contributed by atoms with Gasteiger partial charge in [0.15, 0.2) is 0 Å². The molecule has 2 aliphatic carbocycles. The van der Waals surface area contributed by atoms with Crippen molar-refractivity contribution in [2.45, 2.75) is 110 Å². The van der Waals surface area contributed by atoms with Gasteiger partial charge in [0.2, 0.25) is 6.29 Å². The standard InChI is InChI=1S/C29H46O3/c1-4-5-6-7-22-8-10-23(11-9-22)24-12-14-25(15-13-24)26-16-18-27(19-17-26)32-29(31)28(20-30)21(2)3/h16-19,22-25,29-31H,4-15,20H2,1-3H3. The molecule has 1 atom stereocenters. The zero-order chi connectivity index (χ0) is 22.9. The molecule has 0 radical (unpaired) electrons. The Morgan fingerprint density at radius 3 is 2.03 bits per heavy atom. The predicted molar refractivity (Wildman–Crippen MR) is 133 cm³/mol. The first kappa shape index (κ1) is 25.3. The SMILES string of the molecule is CCCCCC1CCC(C2CCC(c3ccc(OC(O)C(CO)=C(C)C)cc3)CC2)CC1. The molecule has 1 aromatic rings. The van der Waals surface area contributed by atoms with E-state index in [2.05, 4.69) is 19.1 Å². The lowest BCUT2D eigenvalue weighted by atomic mass is 9.68. The number of hydrogen-bond donors (Lipinski definition) is 2. The lowest BCUT2D eigenvalue weighted by Crippen LogP contribution is -2.25. The van der Waals surface area contributed by atoms with Gasteiger partial charge in [-0.3, -0.25) is 0 Å². The molecular weight excluding hydrogens is 396 g/mol. The van der Waals surface area contributed by atoms with Crippen LogP contribution in [-0.2, 0) is 0 Å². The number of benzene rings is 1. The molecule has 180 valence electrons. The number of rotatable bonds is 10. The fraction of sp³-hybridized carbons (Fsp3) is 0.724. The fourth-order valence-electron chi connectivity index (χ4n) is 6.06. The van der Waals surface area contributed by atoms with Gasteiger partial charge in [-0.2, -0.15) is 0 Å². The fourth-order valence-corrected chi connectivity index (χ4v) is 6.06. The summed E-state index contributed by atoms with van der Waals surface area (Å²) in [5.74, 6) is 4.24. The van der Waals surface area contributed by atoms with Crippen molar-refractivity contribution >= 4 is 0 Å². The van der Waals surface area contributed by atoms with Crippen LogP contribution in [0.2, 0.25) is 0 Å². The summed E-state index contributed by atoms with van der Waals surface area (Å²) in [7, 11) is 0. The monoisotopic (exact) mass is 442 g/mol. The van der Waals surface area contributed by atoms with Crippen molar-refractivity contribution in [1.82, 2.24) is 0 Å². The van der Waals surface area contributed by atoms with Crippen LogP contribution in [0.15, 0.2) is 35.4 Å². The number of allylic oxidation sites excluding steroid dienone is 1. The summed E-state index contributed by atoms with van der Waals surface area (Å²) < 4.78 is 5.64. The van der Waals surface area contributed by atoms with Crippen LogP contribution in [0, 0.1) is 17.8 Å². The molecule has 0 amide bonds. The summed E-state index contributed by atoms with van der Waals surface area (Å²) in [6.45, 7) is 5.86. The largest absolute Gasteiger partial charge is 0.461 e. The van der Waals surface area contributed by atoms with E-state index in [-0.39, 0.29) is 6.61 Å². The summed E-state index contributed by atoms with van der Waals surface area (Å²) in [6.07, 6.45) is 15.9. The normalized spacial score (nSPS) is 27.0. The molecule has 3 rings (SSSR count). The van der Waals surface area contributed by atoms with Crippen LogP contribution < -0.4 is 4.74 Å². The van der Waals surface area contributed by atoms with Gasteiger partial charge in [0.25, 0.3) is 0 Å². The molecule has 0 spiro atoms. The first-order valence-corrected chi connectivity index (χ1v) is 13.2. The Kier molecular flexibility index (Phi) is 10.1. The third-order valence-electron chi connectivity index (χ3n) is 8.26. The molecule has 0 aliphatic heterocycles. The van der Waals surface area contributed by atoms with Crippen molar-refractivity contribution in [3.8, 4) is 5.75 Å². The van der Waals surface area contributed by atoms with E-state index >= 15 is 0 Å². The molecule has 2 N–H and O–H groups in total. The Balaban J connectivity index is 1.43. The molecule has 1 aromatic carbocycles. The highest BCUT2D eigenvalue weighted by atomic mass is 16.6. The predicted octanol–water partition coefficient (Wildman–Crippen LogP) is 7.37. The second-order valence-electron chi connectivity index (χ2n) is 10.6. The summed E-state index contributed by atoms with van der Waals surface area (Å²) in [5.41, 5.74) is 2.82. The number of hydrogen-bond acceptors (Lipinski definition) is 3. The maximum absolute atomic E-state index is 10.2. The molecule has 2 aliphatic rings. The summed E-state index contributed by atoms with van der Waals surface area (Å²) >= 11 is 0. The van der Waals surface area contributed by atoms with Gasteiger partial charge in [0.05, 0.1) is 6.61 Å². The molecule has 3 heteroatoms. The molecule has 2 fully saturated rings. The first-order valence-electron chi connectivity index (χ1n) is 13.2. The van der Waals surface area contributed by atoms with Crippen molar-refractivity contribution < 1.29 is 14.9 Å². The molecule has 0 bridgehead atoms. The molecular formula is C29H46O3. The molecule has 1 unspecified atom stereocenters. The number of unbranched alkanes of at least 4 members (excludes halogenated alkanes) is 2. The highest BCUT2D eigenvalue weighted by molar-refractivity contribution is 5.30. The maximum Gasteiger partial charge on any atom is 0.222 e. The van der Waals surface area contributed by atoms with Gasteiger partial charge in [0.1, 0.15) is 5.75 Å². The Hall–Kier alpha value is -1.32. The van der Waals surface area contributed by atoms with Gasteiger partial charge in [-0.1, -0.05) is 63.2 Å². The zero-order valence-corrected chi connectivity index (χ0v) is 20.7. The van der Waals surface area contributed by atoms with Crippen molar-refractivity contribution in [2.75, 3.05) is 6.61 Å². The Labute approximate surface area is 196 Å². The zero-order valence-electron chi connectivity index (χ0n) is 20.7. The van der Waals surface area contributed by atoms with Crippen LogP contribution in [0.25, 0.3) is 0 Å². The van der Waals surface area contributed by atoms with Gasteiger partial charge in [0, 0.05) is 5.57 Å². The van der Waals surface area contributed by atoms with Gasteiger partial charge in [-0.15, -0.1) is 0 Å². The third-order valence-corrected chi connectivity index (χ3v) is 8.26. The lowest BCUT2D eigenvalue weighted by Gasteiger charge is -2.38. The van der Waals surface area contributed by atoms with Crippen LogP contribution in [0.5, 0.6) is 5.75 Å². The summed E-state index contributed by atoms with van der Waals surface area (Å²) in [4.78, 5) is 0. The highest BCUT2D eigenvalue weighted by Crippen LogP contribution is 2.44. The maximum atomic E-state index is 10.2. The first-order chi connectivity index (χ1) is 15.5. The second kappa shape index (κ2) is 12.8. The summed E-state index contributed by atoms with van der Waals surface area (Å²) in [6, 6.07) is 8.25. The average Bonchev–Trinajstić information content (AvgIpc) is 2.80. The van der Waals surface area contributed by atoms with E-state index in [0.29, 0.717) is 17.2 Å². The summed E-state index contributed by atoms with van der Waals surface area (Å²) in [5, 5.41) is 19.7. The van der Waals surface area contributed by atoms with Crippen LogP contribution in [0.4, 0.5) is 0 Å². The van der Waals surface area contributed by atoms with E-state index in [1.807, 2.05) is 26.0 Å². The van der Waals surface area contributed by atoms with Crippen molar-refractivity contribution in [2.24, 2.45) is 17.8 Å². The van der Waals surface area contributed by atoms with Crippen LogP contribution in [0.1, 0.15) is 109 Å². The van der Waals surface area contributed by atoms with Crippen LogP contribution in [-0.4, -0.2) is 23.1 Å². The van der Waals surface area contributed by atoms with Crippen LogP contribution >= 0.6 is 0 Å². The van der Waals surface area contributed by atoms with E-state index in [0.717, 1.165) is 23.3 Å². The highest BCUT2D eigenvalue weighted by Gasteiger charge is 2.31. The van der Waals surface area contributed by atoms with Crippen molar-refractivity contribution in [3.63, 3.8) is 0 Å². The molecule has 3 nitrogen and oxygen atoms in total. The number of aliphatic hydroxyl groups excluding tert-OH is 2. The molecule has 0 saturated heterocycles. The van der Waals surface area contributed by atoms with Crippen molar-refractivity contribution in [1.29, 1.82) is 0 Å². The molecule has 2 saturated carbocycles. The lowest BCUT2D eigenvalue weighted by molar-refractivity contribution is 0.00605. The number of ether oxygens (including phenoxy) is 1. The van der Waals surface area contributed by atoms with E-state index in [9.17, 15) is 10.2 Å². The van der Waals surface area contributed by atoms with Crippen molar-refractivity contribution in [3.05, 3.63) is 41.0 Å². The van der Waals surface area contributed by atoms with E-state index < -0.39 is 6.29 Å². The molecule has 32 heavy (non-hydrogen) atoms. The minimum absolute atomic E-state index is 0.189. The molecule has 0 heterocycles. The smallest absolute Gasteiger partial charge is 0.222 e. The van der Waals surface area contributed by atoms with Gasteiger partial charge in [-0.05, 0) is 93.7 Å². The minimum Gasteiger partial charge on any atom is -0.461 e. The Morgan fingerprint density at radius 2 is 1.50 bits per heavy atom. The topological polar surface area (TPSA) is 49.7 Å².